The molecule has 0 unspecified atom stereocenters. The van der Waals surface area contributed by atoms with Crippen LogP contribution in [0.3, 0.4) is 0 Å². The van der Waals surface area contributed by atoms with Crippen molar-refractivity contribution >= 4 is 51.9 Å². The van der Waals surface area contributed by atoms with Crippen LogP contribution in [0.4, 0.5) is 9.59 Å². The first kappa shape index (κ1) is 42.2. The molecule has 3 heterocycles. The van der Waals surface area contributed by atoms with E-state index >= 15 is 0 Å². The van der Waals surface area contributed by atoms with Gasteiger partial charge >= 0.3 is 12.2 Å². The van der Waals surface area contributed by atoms with Crippen LogP contribution in [-0.2, 0) is 56.5 Å². The van der Waals surface area contributed by atoms with Crippen molar-refractivity contribution in [2.45, 2.75) is 126 Å². The van der Waals surface area contributed by atoms with Crippen LogP contribution in [0.5, 0.6) is 0 Å². The first-order valence-corrected chi connectivity index (χ1v) is 21.9. The van der Waals surface area contributed by atoms with E-state index in [0.717, 1.165) is 29.5 Å². The fraction of sp³-hybridized carbons (Fsp3) is 0.610. The highest BCUT2D eigenvalue weighted by atomic mass is 32.2. The lowest BCUT2D eigenvalue weighted by molar-refractivity contribution is -0.145. The quantitative estimate of drug-likeness (QED) is 0.279. The average Bonchev–Trinajstić information content (AvgIpc) is 3.97. The normalized spacial score (nSPS) is 29.6. The second-order valence-corrected chi connectivity index (χ2v) is 19.5. The maximum atomic E-state index is 14.8. The van der Waals surface area contributed by atoms with Crippen LogP contribution in [0.1, 0.15) is 88.8 Å². The third-order valence-corrected chi connectivity index (χ3v) is 13.8. The van der Waals surface area contributed by atoms with Gasteiger partial charge in [-0.25, -0.2) is 18.0 Å². The Morgan fingerprint density at radius 3 is 2.49 bits per heavy atom. The van der Waals surface area contributed by atoms with Gasteiger partial charge in [-0.15, -0.1) is 6.58 Å². The van der Waals surface area contributed by atoms with Crippen molar-refractivity contribution in [1.82, 2.24) is 30.5 Å². The first-order chi connectivity index (χ1) is 28.0. The highest BCUT2D eigenvalue weighted by molar-refractivity contribution is 7.91. The number of alkyl carbamates (subject to hydrolysis) is 1. The number of fused-ring (bicyclic) bond motifs is 3. The van der Waals surface area contributed by atoms with Crippen molar-refractivity contribution in [2.75, 3.05) is 19.8 Å². The Morgan fingerprint density at radius 2 is 1.81 bits per heavy atom. The van der Waals surface area contributed by atoms with Crippen molar-refractivity contribution in [1.29, 1.82) is 0 Å². The molecule has 17 nitrogen and oxygen atoms in total. The van der Waals surface area contributed by atoms with E-state index in [1.165, 1.54) is 15.9 Å². The number of ether oxygens (including phenoxy) is 3. The minimum atomic E-state index is -3.95. The number of sulfonamides is 1. The molecule has 6 atom stereocenters. The minimum Gasteiger partial charge on any atom is -0.446 e. The maximum absolute atomic E-state index is 14.8. The van der Waals surface area contributed by atoms with Crippen LogP contribution in [0.2, 0.25) is 0 Å². The molecular formula is C41H54N6O11S. The number of nitrogens with zero attached hydrogens (tertiary/aromatic N) is 2. The summed E-state index contributed by atoms with van der Waals surface area (Å²) in [5.74, 6) is -3.66. The smallest absolute Gasteiger partial charge is 0.410 e. The van der Waals surface area contributed by atoms with Crippen molar-refractivity contribution < 1.29 is 51.4 Å². The zero-order valence-electron chi connectivity index (χ0n) is 33.7. The maximum Gasteiger partial charge on any atom is 0.410 e. The molecule has 3 aliphatic heterocycles. The third-order valence-electron chi connectivity index (χ3n) is 12.0. The summed E-state index contributed by atoms with van der Waals surface area (Å²) in [5, 5.41) is 7.47. The van der Waals surface area contributed by atoms with Crippen molar-refractivity contribution in [3.63, 3.8) is 0 Å². The Labute approximate surface area is 344 Å². The Bertz CT molecular complexity index is 2020. The Hall–Kier alpha value is -4.97. The molecule has 0 aromatic heterocycles. The molecule has 4 N–H and O–H groups in total. The lowest BCUT2D eigenvalue weighted by Gasteiger charge is -2.36. The molecule has 59 heavy (non-hydrogen) atoms. The van der Waals surface area contributed by atoms with Gasteiger partial charge in [-0.1, -0.05) is 57.2 Å². The molecule has 0 spiro atoms. The van der Waals surface area contributed by atoms with Gasteiger partial charge in [0.2, 0.25) is 27.7 Å². The number of rotatable bonds is 8. The Kier molecular flexibility index (Phi) is 11.9. The molecule has 18 heteroatoms. The molecule has 4 bridgehead atoms. The van der Waals surface area contributed by atoms with Crippen LogP contribution in [0, 0.1) is 11.3 Å². The van der Waals surface area contributed by atoms with Gasteiger partial charge in [0.25, 0.3) is 5.91 Å². The summed E-state index contributed by atoms with van der Waals surface area (Å²) in [5.41, 5.74) is 0.0970. The van der Waals surface area contributed by atoms with Gasteiger partial charge < -0.3 is 35.1 Å². The molecule has 3 saturated carbocycles. The van der Waals surface area contributed by atoms with Gasteiger partial charge in [-0.3, -0.25) is 28.8 Å². The number of amides is 6. The molecule has 0 radical (unpaired) electrons. The van der Waals surface area contributed by atoms with E-state index < -0.39 is 92.2 Å². The number of carbonyl (C=O) groups is 6. The Balaban J connectivity index is 1.18. The molecule has 1 saturated heterocycles. The second-order valence-electron chi connectivity index (χ2n) is 17.5. The molecule has 1 aromatic rings. The van der Waals surface area contributed by atoms with Crippen LogP contribution in [-0.4, -0.2) is 115 Å². The van der Waals surface area contributed by atoms with Crippen LogP contribution in [0.25, 0.3) is 6.08 Å². The topological polar surface area (TPSA) is 219 Å². The van der Waals surface area contributed by atoms with Gasteiger partial charge in [0.15, 0.2) is 0 Å². The van der Waals surface area contributed by atoms with Crippen LogP contribution in [0.15, 0.2) is 36.9 Å². The van der Waals surface area contributed by atoms with Crippen molar-refractivity contribution in [3.8, 4) is 0 Å². The van der Waals surface area contributed by atoms with Gasteiger partial charge in [0.05, 0.1) is 31.6 Å². The van der Waals surface area contributed by atoms with Gasteiger partial charge in [0.1, 0.15) is 35.9 Å². The largest absolute Gasteiger partial charge is 0.446 e. The van der Waals surface area contributed by atoms with Gasteiger partial charge in [-0.05, 0) is 67.1 Å². The van der Waals surface area contributed by atoms with Gasteiger partial charge in [-0.2, -0.15) is 0 Å². The summed E-state index contributed by atoms with van der Waals surface area (Å²) in [6.45, 7) is 9.05. The van der Waals surface area contributed by atoms with Crippen molar-refractivity contribution in [2.24, 2.45) is 11.3 Å². The van der Waals surface area contributed by atoms with E-state index in [9.17, 15) is 37.2 Å². The number of nitrogens with one attached hydrogen (secondary N) is 4. The SMILES string of the molecule is C=C[C@@H]1C[C@]1(NC(=O)[C@@H]1C[C@@H]2CN1C(=O)[C@H](C(C)(C)C)NC(=O)[C@@H](NC(=O)OC1CCCC1)COC/C=C/c1cccc3c1CN(C3)C(=O)O2)C(=O)NS(=O)(=O)C1CC1. The lowest BCUT2D eigenvalue weighted by Crippen LogP contribution is -2.62. The minimum absolute atomic E-state index is 0.0746. The van der Waals surface area contributed by atoms with E-state index in [1.54, 1.807) is 26.8 Å². The van der Waals surface area contributed by atoms with E-state index in [-0.39, 0.29) is 51.8 Å². The number of hydrogen-bond acceptors (Lipinski definition) is 11. The summed E-state index contributed by atoms with van der Waals surface area (Å²) in [6, 6.07) is 1.86. The van der Waals surface area contributed by atoms with E-state index in [4.69, 9.17) is 14.2 Å². The van der Waals surface area contributed by atoms with Crippen LogP contribution >= 0.6 is 0 Å². The highest BCUT2D eigenvalue weighted by Gasteiger charge is 2.62. The predicted octanol–water partition coefficient (Wildman–Crippen LogP) is 2.39. The molecule has 1 aromatic carbocycles. The summed E-state index contributed by atoms with van der Waals surface area (Å²) < 4.78 is 45.1. The summed E-state index contributed by atoms with van der Waals surface area (Å²) in [7, 11) is -3.95. The summed E-state index contributed by atoms with van der Waals surface area (Å²) >= 11 is 0. The molecule has 6 amide bonds. The first-order valence-electron chi connectivity index (χ1n) is 20.4. The molecule has 7 rings (SSSR count). The summed E-state index contributed by atoms with van der Waals surface area (Å²) in [6.07, 6.45) is 6.48. The lowest BCUT2D eigenvalue weighted by atomic mass is 9.85. The number of hydrogen-bond donors (Lipinski definition) is 4. The van der Waals surface area contributed by atoms with Gasteiger partial charge in [0, 0.05) is 18.9 Å². The van der Waals surface area contributed by atoms with E-state index in [2.05, 4.69) is 27.3 Å². The summed E-state index contributed by atoms with van der Waals surface area (Å²) in [4.78, 5) is 86.3. The van der Waals surface area contributed by atoms with Crippen molar-refractivity contribution in [3.05, 3.63) is 53.6 Å². The third kappa shape index (κ3) is 9.27. The van der Waals surface area contributed by atoms with E-state index in [1.807, 2.05) is 24.3 Å². The zero-order chi connectivity index (χ0) is 42.3. The molecule has 4 fully saturated rings. The Morgan fingerprint density at radius 1 is 1.07 bits per heavy atom. The standard InChI is InChI=1S/C41H54N6O11S/c1-5-26-19-41(26,37(51)45-59(54,55)29-15-16-29)44-35(49)32-18-28-21-47(32)36(50)33(40(2,3)4)43-34(48)31(42-38(52)57-27-13-6-7-14-27)23-56-17-9-12-24-10-8-11-25-20-46(22-30(24)25)39(53)58-28/h5,8-12,26-29,31-33H,1,6-7,13-23H2,2-4H3,(H,42,52)(H,43,48)(H,44,49)(H,45,51)/b12-9+/t26-,28-,31+,32+,33-,41-/m1/s1. The molecule has 3 aliphatic carbocycles. The molecule has 6 aliphatic rings. The zero-order valence-corrected chi connectivity index (χ0v) is 34.5. The fourth-order valence-corrected chi connectivity index (χ4v) is 9.71. The molecule has 320 valence electrons. The van der Waals surface area contributed by atoms with E-state index in [0.29, 0.717) is 25.7 Å². The second kappa shape index (κ2) is 16.6. The monoisotopic (exact) mass is 838 g/mol. The number of benzene rings is 1. The highest BCUT2D eigenvalue weighted by Crippen LogP contribution is 2.45. The molecular weight excluding hydrogens is 785 g/mol. The average molecular weight is 839 g/mol. The van der Waals surface area contributed by atoms with Crippen LogP contribution < -0.4 is 20.7 Å². The predicted molar refractivity (Wildman–Crippen MR) is 212 cm³/mol. The number of carbonyl (C=O) groups excluding carboxylic acids is 6. The fourth-order valence-electron chi connectivity index (χ4n) is 8.35.